The highest BCUT2D eigenvalue weighted by Gasteiger charge is 2.25. The van der Waals surface area contributed by atoms with Crippen LogP contribution < -0.4 is 0 Å². The summed E-state index contributed by atoms with van der Waals surface area (Å²) in [5.41, 5.74) is 0.383. The van der Waals surface area contributed by atoms with E-state index in [1.165, 1.54) is 0 Å². The zero-order valence-corrected chi connectivity index (χ0v) is 13.8. The SMILES string of the molecule is CCS(=O)(CC)=NS(=O)(=O)c1cnn(-c2ccccc2)c1F. The van der Waals surface area contributed by atoms with Gasteiger partial charge in [0.15, 0.2) is 4.90 Å². The number of nitrogens with zero attached hydrogens (tertiary/aromatic N) is 3. The molecule has 0 bridgehead atoms. The topological polar surface area (TPSA) is 81.4 Å². The Balaban J connectivity index is 2.56. The molecule has 120 valence electrons. The first kappa shape index (κ1) is 16.6. The van der Waals surface area contributed by atoms with Crippen molar-refractivity contribution in [3.05, 3.63) is 42.5 Å². The van der Waals surface area contributed by atoms with E-state index in [-0.39, 0.29) is 11.5 Å². The Morgan fingerprint density at radius 2 is 1.73 bits per heavy atom. The van der Waals surface area contributed by atoms with Crippen molar-refractivity contribution in [1.29, 1.82) is 0 Å². The first-order valence-corrected chi connectivity index (χ1v) is 9.90. The average Bonchev–Trinajstić information content (AvgIpc) is 2.90. The molecular weight excluding hydrogens is 329 g/mol. The molecule has 1 aromatic heterocycles. The summed E-state index contributed by atoms with van der Waals surface area (Å²) >= 11 is 0. The van der Waals surface area contributed by atoms with Crippen LogP contribution in [0.4, 0.5) is 4.39 Å². The molecule has 0 saturated carbocycles. The second kappa shape index (κ2) is 6.17. The summed E-state index contributed by atoms with van der Waals surface area (Å²) in [6, 6.07) is 8.28. The quantitative estimate of drug-likeness (QED) is 0.832. The van der Waals surface area contributed by atoms with Gasteiger partial charge in [-0.1, -0.05) is 32.0 Å². The van der Waals surface area contributed by atoms with Crippen molar-refractivity contribution in [2.24, 2.45) is 3.77 Å². The Morgan fingerprint density at radius 3 is 2.27 bits per heavy atom. The molecule has 0 spiro atoms. The van der Waals surface area contributed by atoms with Gasteiger partial charge in [0.1, 0.15) is 0 Å². The normalized spacial score (nSPS) is 12.3. The van der Waals surface area contributed by atoms with Gasteiger partial charge in [-0.25, -0.2) is 8.89 Å². The molecule has 0 fully saturated rings. The lowest BCUT2D eigenvalue weighted by molar-refractivity contribution is 0.511. The lowest BCUT2D eigenvalue weighted by atomic mass is 10.3. The highest BCUT2D eigenvalue weighted by molar-refractivity contribution is 8.03. The summed E-state index contributed by atoms with van der Waals surface area (Å²) < 4.78 is 55.2. The van der Waals surface area contributed by atoms with E-state index in [0.717, 1.165) is 10.9 Å². The summed E-state index contributed by atoms with van der Waals surface area (Å²) in [4.78, 5) is -0.675. The third-order valence-corrected chi connectivity index (χ3v) is 7.60. The van der Waals surface area contributed by atoms with Crippen LogP contribution in [0.3, 0.4) is 0 Å². The van der Waals surface area contributed by atoms with Crippen LogP contribution in [0.25, 0.3) is 5.69 Å². The number of aromatic nitrogens is 2. The maximum absolute atomic E-state index is 14.4. The average molecular weight is 345 g/mol. The summed E-state index contributed by atoms with van der Waals surface area (Å²) in [5.74, 6) is -0.891. The van der Waals surface area contributed by atoms with Crippen LogP contribution in [-0.4, -0.2) is 33.9 Å². The first-order valence-electron chi connectivity index (χ1n) is 6.60. The van der Waals surface area contributed by atoms with Gasteiger partial charge in [-0.2, -0.15) is 17.9 Å². The molecule has 0 N–H and O–H groups in total. The van der Waals surface area contributed by atoms with E-state index in [4.69, 9.17) is 0 Å². The maximum Gasteiger partial charge on any atom is 0.296 e. The van der Waals surface area contributed by atoms with E-state index in [1.807, 2.05) is 0 Å². The van der Waals surface area contributed by atoms with E-state index in [2.05, 4.69) is 8.87 Å². The molecular formula is C13H16FN3O3S2. The molecule has 6 nitrogen and oxygen atoms in total. The van der Waals surface area contributed by atoms with E-state index in [1.54, 1.807) is 44.2 Å². The molecule has 9 heteroatoms. The molecule has 2 aromatic rings. The van der Waals surface area contributed by atoms with Crippen LogP contribution >= 0.6 is 0 Å². The van der Waals surface area contributed by atoms with Gasteiger partial charge in [0.05, 0.1) is 21.6 Å². The summed E-state index contributed by atoms with van der Waals surface area (Å²) in [5, 5.41) is 3.74. The van der Waals surface area contributed by atoms with Gasteiger partial charge >= 0.3 is 0 Å². The van der Waals surface area contributed by atoms with E-state index < -0.39 is 30.6 Å². The molecule has 22 heavy (non-hydrogen) atoms. The van der Waals surface area contributed by atoms with Crippen molar-refractivity contribution >= 4 is 19.8 Å². The molecule has 0 atom stereocenters. The second-order valence-corrected chi connectivity index (χ2v) is 9.13. The fourth-order valence-electron chi connectivity index (χ4n) is 1.77. The lowest BCUT2D eigenvalue weighted by Crippen LogP contribution is -2.11. The monoisotopic (exact) mass is 345 g/mol. The Labute approximate surface area is 129 Å². The fourth-order valence-corrected chi connectivity index (χ4v) is 5.25. The Kier molecular flexibility index (Phi) is 4.66. The Morgan fingerprint density at radius 1 is 1.14 bits per heavy atom. The smallest absolute Gasteiger partial charge is 0.249 e. The number of benzene rings is 1. The van der Waals surface area contributed by atoms with Crippen molar-refractivity contribution in [3.8, 4) is 5.69 Å². The number of halogens is 1. The molecule has 2 rings (SSSR count). The molecule has 0 amide bonds. The highest BCUT2D eigenvalue weighted by atomic mass is 32.3. The molecule has 0 unspecified atom stereocenters. The van der Waals surface area contributed by atoms with Gasteiger partial charge in [0.2, 0.25) is 5.95 Å². The van der Waals surface area contributed by atoms with Gasteiger partial charge in [0.25, 0.3) is 10.0 Å². The molecule has 0 aliphatic heterocycles. The van der Waals surface area contributed by atoms with Crippen LogP contribution in [-0.2, 0) is 19.8 Å². The lowest BCUT2D eigenvalue weighted by Gasteiger charge is -2.04. The molecule has 0 aliphatic carbocycles. The predicted molar refractivity (Wildman–Crippen MR) is 82.4 cm³/mol. The van der Waals surface area contributed by atoms with Gasteiger partial charge in [-0.3, -0.25) is 0 Å². The van der Waals surface area contributed by atoms with Crippen molar-refractivity contribution in [2.75, 3.05) is 11.5 Å². The maximum atomic E-state index is 14.4. The van der Waals surface area contributed by atoms with E-state index >= 15 is 0 Å². The molecule has 0 radical (unpaired) electrons. The second-order valence-electron chi connectivity index (χ2n) is 4.45. The molecule has 0 aliphatic rings. The third-order valence-electron chi connectivity index (χ3n) is 3.09. The summed E-state index contributed by atoms with van der Waals surface area (Å²) in [6.45, 7) is 3.16. The zero-order chi connectivity index (χ0) is 16.4. The van der Waals surface area contributed by atoms with Crippen molar-refractivity contribution in [3.63, 3.8) is 0 Å². The minimum Gasteiger partial charge on any atom is -0.249 e. The minimum atomic E-state index is -4.37. The van der Waals surface area contributed by atoms with Gasteiger partial charge < -0.3 is 0 Å². The predicted octanol–water partition coefficient (Wildman–Crippen LogP) is 2.21. The summed E-state index contributed by atoms with van der Waals surface area (Å²) in [7, 11) is -7.28. The van der Waals surface area contributed by atoms with E-state index in [0.29, 0.717) is 5.69 Å². The highest BCUT2D eigenvalue weighted by Crippen LogP contribution is 2.21. The minimum absolute atomic E-state index is 0.0805. The number of rotatable bonds is 5. The number of hydrogen-bond acceptors (Lipinski definition) is 4. The van der Waals surface area contributed by atoms with Crippen LogP contribution in [0, 0.1) is 5.95 Å². The van der Waals surface area contributed by atoms with Crippen LogP contribution in [0.2, 0.25) is 0 Å². The molecule has 1 heterocycles. The number of para-hydroxylation sites is 1. The largest absolute Gasteiger partial charge is 0.296 e. The van der Waals surface area contributed by atoms with Crippen LogP contribution in [0.1, 0.15) is 13.8 Å². The number of sulfonamides is 1. The van der Waals surface area contributed by atoms with Crippen molar-refractivity contribution in [1.82, 2.24) is 9.78 Å². The first-order chi connectivity index (χ1) is 10.3. The fraction of sp³-hybridized carbons (Fsp3) is 0.308. The standard InChI is InChI=1S/C13H16FN3O3S2/c1-3-21(18,4-2)16-22(19,20)12-10-15-17(13(12)14)11-8-6-5-7-9-11/h5-10H,3-4H2,1-2H3. The van der Waals surface area contributed by atoms with Crippen LogP contribution in [0.15, 0.2) is 45.2 Å². The summed E-state index contributed by atoms with van der Waals surface area (Å²) in [6.07, 6.45) is 0.881. The zero-order valence-electron chi connectivity index (χ0n) is 12.1. The molecule has 0 saturated heterocycles. The van der Waals surface area contributed by atoms with Gasteiger partial charge in [0, 0.05) is 11.5 Å². The van der Waals surface area contributed by atoms with E-state index in [9.17, 15) is 17.0 Å². The van der Waals surface area contributed by atoms with Gasteiger partial charge in [-0.15, -0.1) is 3.77 Å². The van der Waals surface area contributed by atoms with Crippen molar-refractivity contribution in [2.45, 2.75) is 18.7 Å². The Hall–Kier alpha value is -1.74. The molecule has 1 aromatic carbocycles. The number of hydrogen-bond donors (Lipinski definition) is 0. The van der Waals surface area contributed by atoms with Crippen LogP contribution in [0.5, 0.6) is 0 Å². The Bertz CT molecular complexity index is 873. The van der Waals surface area contributed by atoms with Crippen molar-refractivity contribution < 1.29 is 17.0 Å². The van der Waals surface area contributed by atoms with Gasteiger partial charge in [-0.05, 0) is 12.1 Å². The third kappa shape index (κ3) is 3.20.